The van der Waals surface area contributed by atoms with Gasteiger partial charge in [0, 0.05) is 26.2 Å². The van der Waals surface area contributed by atoms with Crippen LogP contribution in [0.2, 0.25) is 0 Å². The van der Waals surface area contributed by atoms with E-state index in [1.807, 2.05) is 17.0 Å². The lowest BCUT2D eigenvalue weighted by Gasteiger charge is -2.31. The number of nitrogens with zero attached hydrogens (tertiary/aromatic N) is 2. The zero-order valence-corrected chi connectivity index (χ0v) is 17.8. The maximum atomic E-state index is 14.6. The minimum Gasteiger partial charge on any atom is -0.393 e. The van der Waals surface area contributed by atoms with Crippen LogP contribution < -0.4 is 15.5 Å². The normalized spacial score (nSPS) is 19.0. The number of rotatable bonds is 8. The van der Waals surface area contributed by atoms with E-state index in [-0.39, 0.29) is 11.9 Å². The molecular weight excluding hydrogens is 367 g/mol. The van der Waals surface area contributed by atoms with Gasteiger partial charge in [0.15, 0.2) is 5.96 Å². The molecule has 1 aromatic carbocycles. The Bertz CT molecular complexity index is 652. The van der Waals surface area contributed by atoms with Crippen molar-refractivity contribution >= 4 is 11.6 Å². The molecule has 0 radical (unpaired) electrons. The summed E-state index contributed by atoms with van der Waals surface area (Å²) in [6.45, 7) is 5.64. The first-order chi connectivity index (χ1) is 14.2. The molecule has 1 saturated heterocycles. The smallest absolute Gasteiger partial charge is 0.191 e. The van der Waals surface area contributed by atoms with E-state index >= 15 is 0 Å². The van der Waals surface area contributed by atoms with E-state index in [1.165, 1.54) is 38.5 Å². The number of halogens is 1. The molecule has 0 aromatic heterocycles. The van der Waals surface area contributed by atoms with Crippen molar-refractivity contribution in [1.82, 2.24) is 10.6 Å². The summed E-state index contributed by atoms with van der Waals surface area (Å²) in [5.74, 6) is 1.51. The first-order valence-corrected chi connectivity index (χ1v) is 11.4. The van der Waals surface area contributed by atoms with Gasteiger partial charge in [-0.3, -0.25) is 0 Å². The molecule has 0 amide bonds. The standard InChI is InChI=1S/C23H37FN4O/c1-2-25-23(26-13-5-8-18-6-3-4-7-18)27-17-19-9-10-22(21(24)16-19)28-14-11-20(29)12-15-28/h9-10,16,18,20,29H,2-8,11-15,17H2,1H3,(H2,25,26,27). The maximum absolute atomic E-state index is 14.6. The first-order valence-electron chi connectivity index (χ1n) is 11.4. The maximum Gasteiger partial charge on any atom is 0.191 e. The number of nitrogens with one attached hydrogen (secondary N) is 2. The van der Waals surface area contributed by atoms with Crippen molar-refractivity contribution < 1.29 is 9.50 Å². The molecule has 1 saturated carbocycles. The third-order valence-corrected chi connectivity index (χ3v) is 6.14. The Balaban J connectivity index is 1.49. The number of benzene rings is 1. The molecule has 1 aliphatic heterocycles. The first kappa shape index (κ1) is 21.9. The molecule has 0 spiro atoms. The largest absolute Gasteiger partial charge is 0.393 e. The van der Waals surface area contributed by atoms with Gasteiger partial charge in [0.25, 0.3) is 0 Å². The molecule has 0 bridgehead atoms. The second-order valence-corrected chi connectivity index (χ2v) is 8.42. The molecule has 1 aliphatic carbocycles. The molecule has 0 unspecified atom stereocenters. The van der Waals surface area contributed by atoms with Crippen molar-refractivity contribution in [2.24, 2.45) is 10.9 Å². The molecule has 29 heavy (non-hydrogen) atoms. The van der Waals surface area contributed by atoms with E-state index < -0.39 is 0 Å². The summed E-state index contributed by atoms with van der Waals surface area (Å²) >= 11 is 0. The summed E-state index contributed by atoms with van der Waals surface area (Å²) in [6, 6.07) is 5.39. The van der Waals surface area contributed by atoms with Gasteiger partial charge < -0.3 is 20.6 Å². The predicted octanol–water partition coefficient (Wildman–Crippen LogP) is 3.81. The van der Waals surface area contributed by atoms with E-state index in [9.17, 15) is 9.50 Å². The summed E-state index contributed by atoms with van der Waals surface area (Å²) in [7, 11) is 0. The van der Waals surface area contributed by atoms with E-state index in [0.29, 0.717) is 38.2 Å². The highest BCUT2D eigenvalue weighted by atomic mass is 19.1. The molecule has 5 nitrogen and oxygen atoms in total. The number of hydrogen-bond acceptors (Lipinski definition) is 3. The molecule has 2 fully saturated rings. The minimum absolute atomic E-state index is 0.205. The fraction of sp³-hybridized carbons (Fsp3) is 0.696. The van der Waals surface area contributed by atoms with Crippen LogP contribution in [0.25, 0.3) is 0 Å². The Hall–Kier alpha value is -1.82. The number of aliphatic hydroxyl groups excluding tert-OH is 1. The van der Waals surface area contributed by atoms with Crippen molar-refractivity contribution in [3.63, 3.8) is 0 Å². The highest BCUT2D eigenvalue weighted by molar-refractivity contribution is 5.79. The van der Waals surface area contributed by atoms with Crippen molar-refractivity contribution in [2.45, 2.75) is 70.9 Å². The van der Waals surface area contributed by atoms with Gasteiger partial charge in [0.1, 0.15) is 5.82 Å². The lowest BCUT2D eigenvalue weighted by atomic mass is 10.0. The minimum atomic E-state index is -0.252. The molecule has 1 heterocycles. The van der Waals surface area contributed by atoms with Crippen molar-refractivity contribution in [3.8, 4) is 0 Å². The number of aliphatic imine (C=N–C) groups is 1. The van der Waals surface area contributed by atoms with Gasteiger partial charge in [-0.2, -0.15) is 0 Å². The fourth-order valence-electron chi connectivity index (χ4n) is 4.42. The lowest BCUT2D eigenvalue weighted by Crippen LogP contribution is -2.37. The number of aliphatic hydroxyl groups is 1. The molecule has 162 valence electrons. The number of piperidine rings is 1. The van der Waals surface area contributed by atoms with Crippen LogP contribution in [-0.2, 0) is 6.54 Å². The Morgan fingerprint density at radius 3 is 2.62 bits per heavy atom. The van der Waals surface area contributed by atoms with Gasteiger partial charge in [-0.15, -0.1) is 0 Å². The van der Waals surface area contributed by atoms with Crippen LogP contribution >= 0.6 is 0 Å². The summed E-state index contributed by atoms with van der Waals surface area (Å²) in [4.78, 5) is 6.65. The van der Waals surface area contributed by atoms with Gasteiger partial charge >= 0.3 is 0 Å². The zero-order chi connectivity index (χ0) is 20.5. The van der Waals surface area contributed by atoms with E-state index in [4.69, 9.17) is 0 Å². The van der Waals surface area contributed by atoms with Gasteiger partial charge in [-0.1, -0.05) is 31.7 Å². The Labute approximate surface area is 174 Å². The highest BCUT2D eigenvalue weighted by Crippen LogP contribution is 2.28. The topological polar surface area (TPSA) is 59.9 Å². The van der Waals surface area contributed by atoms with Crippen LogP contribution in [0.5, 0.6) is 0 Å². The molecular formula is C23H37FN4O. The summed E-state index contributed by atoms with van der Waals surface area (Å²) in [6.07, 6.45) is 9.21. The van der Waals surface area contributed by atoms with Gasteiger partial charge in [-0.25, -0.2) is 9.38 Å². The average molecular weight is 405 g/mol. The van der Waals surface area contributed by atoms with E-state index in [1.54, 1.807) is 6.07 Å². The Kier molecular flexibility index (Phi) is 8.59. The summed E-state index contributed by atoms with van der Waals surface area (Å²) in [5, 5.41) is 16.3. The summed E-state index contributed by atoms with van der Waals surface area (Å²) in [5.41, 5.74) is 1.49. The van der Waals surface area contributed by atoms with Gasteiger partial charge in [0.05, 0.1) is 18.3 Å². The second-order valence-electron chi connectivity index (χ2n) is 8.42. The molecule has 2 aliphatic rings. The SMILES string of the molecule is CCNC(=NCc1ccc(N2CCC(O)CC2)c(F)c1)NCCCC1CCCC1. The van der Waals surface area contributed by atoms with Crippen LogP contribution in [0.3, 0.4) is 0 Å². The number of guanidine groups is 1. The van der Waals surface area contributed by atoms with Crippen LogP contribution in [-0.4, -0.2) is 43.3 Å². The molecule has 6 heteroatoms. The number of anilines is 1. The Morgan fingerprint density at radius 2 is 1.93 bits per heavy atom. The quantitative estimate of drug-likeness (QED) is 0.350. The van der Waals surface area contributed by atoms with Gasteiger partial charge in [-0.05, 0) is 56.2 Å². The van der Waals surface area contributed by atoms with Gasteiger partial charge in [0.2, 0.25) is 0 Å². The van der Waals surface area contributed by atoms with Crippen LogP contribution in [0, 0.1) is 11.7 Å². The molecule has 3 rings (SSSR count). The highest BCUT2D eigenvalue weighted by Gasteiger charge is 2.19. The molecule has 1 aromatic rings. The Morgan fingerprint density at radius 1 is 1.17 bits per heavy atom. The molecule has 0 atom stereocenters. The van der Waals surface area contributed by atoms with Crippen LogP contribution in [0.1, 0.15) is 63.9 Å². The third kappa shape index (κ3) is 6.88. The second kappa shape index (κ2) is 11.4. The summed E-state index contributed by atoms with van der Waals surface area (Å²) < 4.78 is 14.6. The average Bonchev–Trinajstić information content (AvgIpc) is 3.24. The van der Waals surface area contributed by atoms with Crippen molar-refractivity contribution in [2.75, 3.05) is 31.1 Å². The zero-order valence-electron chi connectivity index (χ0n) is 17.8. The van der Waals surface area contributed by atoms with E-state index in [0.717, 1.165) is 30.5 Å². The number of hydrogen-bond donors (Lipinski definition) is 3. The lowest BCUT2D eigenvalue weighted by molar-refractivity contribution is 0.145. The van der Waals surface area contributed by atoms with Crippen LogP contribution in [0.15, 0.2) is 23.2 Å². The van der Waals surface area contributed by atoms with Crippen LogP contribution in [0.4, 0.5) is 10.1 Å². The fourth-order valence-corrected chi connectivity index (χ4v) is 4.42. The van der Waals surface area contributed by atoms with Crippen molar-refractivity contribution in [3.05, 3.63) is 29.6 Å². The van der Waals surface area contributed by atoms with Crippen molar-refractivity contribution in [1.29, 1.82) is 0 Å². The monoisotopic (exact) mass is 404 g/mol. The van der Waals surface area contributed by atoms with E-state index in [2.05, 4.69) is 22.5 Å². The molecule has 3 N–H and O–H groups in total. The third-order valence-electron chi connectivity index (χ3n) is 6.14. The predicted molar refractivity (Wildman–Crippen MR) is 118 cm³/mol.